The number of hydrogen-bond acceptors (Lipinski definition) is 8. The molecule has 1 N–H and O–H groups in total. The molecule has 0 unspecified atom stereocenters. The number of sulfonamides is 1. The van der Waals surface area contributed by atoms with Crippen LogP contribution in [-0.4, -0.2) is 72.7 Å². The highest BCUT2D eigenvalue weighted by atomic mass is 35.5. The molecule has 45 heavy (non-hydrogen) atoms. The van der Waals surface area contributed by atoms with Gasteiger partial charge in [-0.05, 0) is 49.7 Å². The number of carbonyl (C=O) groups is 2. The lowest BCUT2D eigenvalue weighted by molar-refractivity contribution is -0.139. The molecule has 11 nitrogen and oxygen atoms in total. The van der Waals surface area contributed by atoms with E-state index in [0.29, 0.717) is 30.0 Å². The van der Waals surface area contributed by atoms with Crippen LogP contribution in [0.25, 0.3) is 0 Å². The van der Waals surface area contributed by atoms with Crippen molar-refractivity contribution in [2.45, 2.75) is 37.8 Å². The van der Waals surface area contributed by atoms with E-state index >= 15 is 0 Å². The highest BCUT2D eigenvalue weighted by molar-refractivity contribution is 7.92. The summed E-state index contributed by atoms with van der Waals surface area (Å²) >= 11 is 12.9. The fraction of sp³-hybridized carbons (Fsp3) is 0.355. The Kier molecular flexibility index (Phi) is 12.6. The van der Waals surface area contributed by atoms with Crippen LogP contribution >= 0.6 is 23.2 Å². The molecule has 3 aromatic rings. The lowest BCUT2D eigenvalue weighted by Gasteiger charge is -2.32. The summed E-state index contributed by atoms with van der Waals surface area (Å²) in [5, 5.41) is 3.35. The van der Waals surface area contributed by atoms with Crippen molar-refractivity contribution in [3.63, 3.8) is 0 Å². The highest BCUT2D eigenvalue weighted by Crippen LogP contribution is 2.38. The van der Waals surface area contributed by atoms with Gasteiger partial charge in [-0.3, -0.25) is 13.9 Å². The van der Waals surface area contributed by atoms with Gasteiger partial charge < -0.3 is 29.2 Å². The van der Waals surface area contributed by atoms with Crippen LogP contribution < -0.4 is 28.6 Å². The lowest BCUT2D eigenvalue weighted by Crippen LogP contribution is -2.51. The van der Waals surface area contributed by atoms with E-state index in [1.807, 2.05) is 6.92 Å². The Morgan fingerprint density at radius 3 is 2.07 bits per heavy atom. The molecule has 0 aliphatic carbocycles. The van der Waals surface area contributed by atoms with Gasteiger partial charge in [0.2, 0.25) is 11.8 Å². The summed E-state index contributed by atoms with van der Waals surface area (Å²) in [5.41, 5.74) is 0.427. The molecule has 0 heterocycles. The zero-order valence-corrected chi connectivity index (χ0v) is 28.3. The van der Waals surface area contributed by atoms with E-state index in [0.717, 1.165) is 4.31 Å². The number of halogens is 2. The molecule has 14 heteroatoms. The minimum atomic E-state index is -4.49. The fourth-order valence-electron chi connectivity index (χ4n) is 4.44. The van der Waals surface area contributed by atoms with Crippen molar-refractivity contribution in [1.82, 2.24) is 10.2 Å². The molecular weight excluding hydrogens is 645 g/mol. The number of ether oxygens (including phenoxy) is 4. The molecule has 0 fully saturated rings. The molecule has 244 valence electrons. The van der Waals surface area contributed by atoms with Gasteiger partial charge in [0.15, 0.2) is 11.5 Å². The van der Waals surface area contributed by atoms with Crippen molar-refractivity contribution in [3.8, 4) is 23.0 Å². The largest absolute Gasteiger partial charge is 0.497 e. The molecule has 0 spiro atoms. The molecular formula is C31H37Cl2N3O8S. The topological polar surface area (TPSA) is 124 Å². The van der Waals surface area contributed by atoms with Crippen molar-refractivity contribution in [2.24, 2.45) is 0 Å². The fourth-order valence-corrected chi connectivity index (χ4v) is 6.39. The quantitative estimate of drug-likeness (QED) is 0.233. The summed E-state index contributed by atoms with van der Waals surface area (Å²) in [6.07, 6.45) is 0.676. The number of benzene rings is 3. The normalized spacial score (nSPS) is 11.7. The van der Waals surface area contributed by atoms with Crippen molar-refractivity contribution >= 4 is 50.7 Å². The Hall–Kier alpha value is -3.87. The van der Waals surface area contributed by atoms with Crippen LogP contribution in [-0.2, 0) is 26.2 Å². The molecule has 0 saturated heterocycles. The number of hydrogen-bond donors (Lipinski definition) is 1. The van der Waals surface area contributed by atoms with Crippen LogP contribution in [0.3, 0.4) is 0 Å². The molecule has 3 rings (SSSR count). The van der Waals surface area contributed by atoms with Gasteiger partial charge in [-0.1, -0.05) is 36.2 Å². The first kappa shape index (κ1) is 35.6. The number of amides is 2. The Morgan fingerprint density at radius 1 is 0.867 bits per heavy atom. The van der Waals surface area contributed by atoms with E-state index in [1.54, 1.807) is 31.2 Å². The zero-order chi connectivity index (χ0) is 33.3. The third kappa shape index (κ3) is 8.24. The zero-order valence-electron chi connectivity index (χ0n) is 25.9. The maximum absolute atomic E-state index is 14.4. The average molecular weight is 683 g/mol. The van der Waals surface area contributed by atoms with Crippen molar-refractivity contribution in [2.75, 3.05) is 45.8 Å². The summed E-state index contributed by atoms with van der Waals surface area (Å²) in [4.78, 5) is 28.4. The van der Waals surface area contributed by atoms with Crippen LogP contribution in [0.15, 0.2) is 59.5 Å². The summed E-state index contributed by atoms with van der Waals surface area (Å²) in [5.74, 6) is -0.188. The smallest absolute Gasteiger partial charge is 0.265 e. The first-order valence-corrected chi connectivity index (χ1v) is 16.1. The minimum Gasteiger partial charge on any atom is -0.497 e. The molecule has 0 radical (unpaired) electrons. The molecule has 1 atom stereocenters. The van der Waals surface area contributed by atoms with E-state index in [9.17, 15) is 18.0 Å². The number of carbonyl (C=O) groups excluding carboxylic acids is 2. The van der Waals surface area contributed by atoms with E-state index in [-0.39, 0.29) is 38.7 Å². The summed E-state index contributed by atoms with van der Waals surface area (Å²) in [6.45, 7) is 2.94. The first-order chi connectivity index (χ1) is 21.4. The Morgan fingerprint density at radius 2 is 1.49 bits per heavy atom. The number of nitrogens with zero attached hydrogens (tertiary/aromatic N) is 2. The van der Waals surface area contributed by atoms with Crippen LogP contribution in [0.5, 0.6) is 23.0 Å². The Bertz CT molecular complexity index is 1600. The molecule has 0 aliphatic heterocycles. The summed E-state index contributed by atoms with van der Waals surface area (Å²) < 4.78 is 51.1. The maximum atomic E-state index is 14.4. The van der Waals surface area contributed by atoms with Crippen LogP contribution in [0.2, 0.25) is 10.0 Å². The molecule has 0 bridgehead atoms. The predicted octanol–water partition coefficient (Wildman–Crippen LogP) is 5.17. The SMILES string of the molecule is CCCNC(=O)[C@@H](C)N(Cc1c(Cl)cccc1Cl)C(=O)CN(c1cc(OC)ccc1OC)S(=O)(=O)c1ccc(OC)c(OC)c1. The van der Waals surface area contributed by atoms with Gasteiger partial charge in [0.05, 0.1) is 39.0 Å². The summed E-state index contributed by atoms with van der Waals surface area (Å²) in [6, 6.07) is 12.5. The Balaban J connectivity index is 2.20. The number of anilines is 1. The van der Waals surface area contributed by atoms with Gasteiger partial charge in [0.1, 0.15) is 24.1 Å². The minimum absolute atomic E-state index is 0.0267. The van der Waals surface area contributed by atoms with Gasteiger partial charge >= 0.3 is 0 Å². The summed E-state index contributed by atoms with van der Waals surface area (Å²) in [7, 11) is 1.12. The second-order valence-electron chi connectivity index (χ2n) is 9.76. The maximum Gasteiger partial charge on any atom is 0.265 e. The monoisotopic (exact) mass is 681 g/mol. The van der Waals surface area contributed by atoms with Crippen molar-refractivity contribution in [3.05, 3.63) is 70.2 Å². The molecule has 0 aromatic heterocycles. The Labute approximate surface area is 274 Å². The molecule has 2 amide bonds. The number of methoxy groups -OCH3 is 4. The highest BCUT2D eigenvalue weighted by Gasteiger charge is 2.35. The number of rotatable bonds is 15. The molecule has 0 saturated carbocycles. The van der Waals surface area contributed by atoms with Gasteiger partial charge in [-0.25, -0.2) is 8.42 Å². The van der Waals surface area contributed by atoms with Gasteiger partial charge in [0.25, 0.3) is 10.0 Å². The molecule has 0 aliphatic rings. The van der Waals surface area contributed by atoms with E-state index in [1.165, 1.54) is 63.7 Å². The second-order valence-corrected chi connectivity index (χ2v) is 12.4. The second kappa shape index (κ2) is 15.9. The van der Waals surface area contributed by atoms with Crippen molar-refractivity contribution in [1.29, 1.82) is 0 Å². The van der Waals surface area contributed by atoms with Crippen LogP contribution in [0.4, 0.5) is 5.69 Å². The van der Waals surface area contributed by atoms with Gasteiger partial charge in [-0.2, -0.15) is 0 Å². The first-order valence-electron chi connectivity index (χ1n) is 13.9. The number of nitrogens with one attached hydrogen (secondary N) is 1. The molecule has 3 aromatic carbocycles. The van der Waals surface area contributed by atoms with Gasteiger partial charge in [-0.15, -0.1) is 0 Å². The third-order valence-corrected chi connectivity index (χ3v) is 9.45. The lowest BCUT2D eigenvalue weighted by atomic mass is 10.1. The van der Waals surface area contributed by atoms with E-state index in [4.69, 9.17) is 42.1 Å². The average Bonchev–Trinajstić information content (AvgIpc) is 3.04. The van der Waals surface area contributed by atoms with Crippen LogP contribution in [0, 0.1) is 0 Å². The predicted molar refractivity (Wildman–Crippen MR) is 173 cm³/mol. The van der Waals surface area contributed by atoms with Crippen molar-refractivity contribution < 1.29 is 37.0 Å². The van der Waals surface area contributed by atoms with E-state index in [2.05, 4.69) is 5.32 Å². The van der Waals surface area contributed by atoms with E-state index < -0.39 is 34.4 Å². The van der Waals surface area contributed by atoms with Crippen LogP contribution in [0.1, 0.15) is 25.8 Å². The third-order valence-electron chi connectivity index (χ3n) is 6.98. The van der Waals surface area contributed by atoms with Gasteiger partial charge in [0, 0.05) is 40.8 Å². The standard InChI is InChI=1S/C31H37Cl2N3O8S/c1-7-15-34-31(38)20(2)35(18-23-24(32)9-8-10-25(23)33)30(37)19-36(26-16-21(41-3)11-13-27(26)42-4)45(39,40)22-12-14-28(43-5)29(17-22)44-6/h8-14,16-17,20H,7,15,18-19H2,1-6H3,(H,34,38)/t20-/m1/s1.